The summed E-state index contributed by atoms with van der Waals surface area (Å²) in [5, 5.41) is 5.63. The molecule has 0 bridgehead atoms. The predicted octanol–water partition coefficient (Wildman–Crippen LogP) is 2.23. The van der Waals surface area contributed by atoms with E-state index in [1.807, 2.05) is 18.2 Å². The van der Waals surface area contributed by atoms with Crippen LogP contribution in [0.5, 0.6) is 0 Å². The number of sulfonamides is 1. The molecule has 1 saturated heterocycles. The summed E-state index contributed by atoms with van der Waals surface area (Å²) < 4.78 is 27.9. The van der Waals surface area contributed by atoms with E-state index in [0.29, 0.717) is 19.4 Å². The van der Waals surface area contributed by atoms with Gasteiger partial charge in [0.15, 0.2) is 0 Å². The molecule has 2 fully saturated rings. The quantitative estimate of drug-likeness (QED) is 0.490. The molecule has 2 aromatic carbocycles. The van der Waals surface area contributed by atoms with Gasteiger partial charge in [0, 0.05) is 44.8 Å². The lowest BCUT2D eigenvalue weighted by Gasteiger charge is -2.23. The minimum atomic E-state index is -3.85. The van der Waals surface area contributed by atoms with Gasteiger partial charge < -0.3 is 15.5 Å². The molecule has 0 radical (unpaired) electrons. The van der Waals surface area contributed by atoms with Crippen LogP contribution in [0.25, 0.3) is 0 Å². The summed E-state index contributed by atoms with van der Waals surface area (Å²) in [6.45, 7) is 4.56. The summed E-state index contributed by atoms with van der Waals surface area (Å²) in [4.78, 5) is 27.9. The Bertz CT molecular complexity index is 1140. The van der Waals surface area contributed by atoms with Gasteiger partial charge in [0.25, 0.3) is 0 Å². The fraction of sp³-hybridized carbons (Fsp3) is 0.462. The molecule has 0 unspecified atom stereocenters. The maximum atomic E-state index is 13.3. The number of rotatable bonds is 10. The lowest BCUT2D eigenvalue weighted by molar-refractivity contribution is -0.124. The first-order valence-corrected chi connectivity index (χ1v) is 13.6. The number of carbonyl (C=O) groups excluding carboxylic acids is 2. The Labute approximate surface area is 207 Å². The Morgan fingerprint density at radius 3 is 2.31 bits per heavy atom. The van der Waals surface area contributed by atoms with Gasteiger partial charge in [-0.3, -0.25) is 9.59 Å². The summed E-state index contributed by atoms with van der Waals surface area (Å²) >= 11 is 0. The molecule has 0 aromatic heterocycles. The van der Waals surface area contributed by atoms with E-state index in [9.17, 15) is 18.0 Å². The molecule has 3 atom stereocenters. The Balaban J connectivity index is 1.36. The molecular weight excluding hydrogens is 464 g/mol. The van der Waals surface area contributed by atoms with Crippen LogP contribution in [0.1, 0.15) is 26.2 Å². The normalized spacial score (nSPS) is 23.7. The monoisotopic (exact) mass is 498 g/mol. The molecule has 1 heterocycles. The highest BCUT2D eigenvalue weighted by atomic mass is 32.2. The van der Waals surface area contributed by atoms with E-state index in [1.54, 1.807) is 18.2 Å². The van der Waals surface area contributed by atoms with Crippen molar-refractivity contribution in [2.24, 2.45) is 11.3 Å². The zero-order valence-corrected chi connectivity index (χ0v) is 21.1. The highest BCUT2D eigenvalue weighted by Crippen LogP contribution is 2.60. The number of hydrogen-bond acceptors (Lipinski definition) is 5. The van der Waals surface area contributed by atoms with Gasteiger partial charge in [-0.1, -0.05) is 36.4 Å². The van der Waals surface area contributed by atoms with Gasteiger partial charge in [-0.15, -0.1) is 0 Å². The lowest BCUT2D eigenvalue weighted by Crippen LogP contribution is -2.44. The number of nitrogens with one attached hydrogen (secondary N) is 2. The van der Waals surface area contributed by atoms with Crippen molar-refractivity contribution < 1.29 is 18.0 Å². The van der Waals surface area contributed by atoms with Crippen LogP contribution in [0.15, 0.2) is 65.6 Å². The van der Waals surface area contributed by atoms with Crippen molar-refractivity contribution in [1.82, 2.24) is 14.9 Å². The third-order valence-corrected chi connectivity index (χ3v) is 9.10. The highest BCUT2D eigenvalue weighted by molar-refractivity contribution is 7.89. The first-order valence-electron chi connectivity index (χ1n) is 12.2. The molecule has 2 N–H and O–H groups in total. The third-order valence-electron chi connectivity index (χ3n) is 7.23. The Hall–Kier alpha value is -2.91. The molecule has 4 rings (SSSR count). The van der Waals surface area contributed by atoms with Gasteiger partial charge in [0.1, 0.15) is 6.04 Å². The fourth-order valence-corrected chi connectivity index (χ4v) is 6.88. The number of anilines is 1. The van der Waals surface area contributed by atoms with Crippen molar-refractivity contribution in [3.05, 3.63) is 60.7 Å². The number of carbonyl (C=O) groups is 2. The second-order valence-electron chi connectivity index (χ2n) is 9.38. The van der Waals surface area contributed by atoms with Crippen LogP contribution in [0.2, 0.25) is 0 Å². The SMILES string of the molecule is CCN(CCCNC(=O)[C@H]1C[C@@]12C[C@@H](C(=O)NC)N(S(=O)(=O)c1ccccc1)C2)c1ccccc1. The fourth-order valence-electron chi connectivity index (χ4n) is 5.17. The van der Waals surface area contributed by atoms with E-state index >= 15 is 0 Å². The Kier molecular flexibility index (Phi) is 7.47. The van der Waals surface area contributed by atoms with Crippen LogP contribution >= 0.6 is 0 Å². The molecule has 1 saturated carbocycles. The summed E-state index contributed by atoms with van der Waals surface area (Å²) in [5.41, 5.74) is 0.677. The van der Waals surface area contributed by atoms with E-state index in [-0.39, 0.29) is 29.2 Å². The predicted molar refractivity (Wildman–Crippen MR) is 135 cm³/mol. The van der Waals surface area contributed by atoms with Crippen molar-refractivity contribution in [1.29, 1.82) is 0 Å². The molecule has 188 valence electrons. The number of hydrogen-bond donors (Lipinski definition) is 2. The number of benzene rings is 2. The van der Waals surface area contributed by atoms with Crippen LogP contribution in [-0.4, -0.2) is 63.8 Å². The zero-order chi connectivity index (χ0) is 25.1. The lowest BCUT2D eigenvalue weighted by atomic mass is 9.99. The average molecular weight is 499 g/mol. The standard InChI is InChI=1S/C26H34N4O4S/c1-3-29(20-11-6-4-7-12-20)16-10-15-28-24(31)22-17-26(22)18-23(25(32)27-2)30(19-26)35(33,34)21-13-8-5-9-14-21/h4-9,11-14,22-23H,3,10,15-19H2,1-2H3,(H,27,32)(H,28,31)/t22-,23+,26+/m1/s1. The summed E-state index contributed by atoms with van der Waals surface area (Å²) in [6, 6.07) is 17.5. The molecule has 2 aromatic rings. The molecule has 8 nitrogen and oxygen atoms in total. The molecule has 1 spiro atoms. The molecule has 35 heavy (non-hydrogen) atoms. The van der Waals surface area contributed by atoms with Crippen molar-refractivity contribution >= 4 is 27.5 Å². The summed E-state index contributed by atoms with van der Waals surface area (Å²) in [6.07, 6.45) is 1.76. The Morgan fingerprint density at radius 1 is 1.03 bits per heavy atom. The third kappa shape index (κ3) is 5.21. The topological polar surface area (TPSA) is 98.8 Å². The zero-order valence-electron chi connectivity index (χ0n) is 20.3. The largest absolute Gasteiger partial charge is 0.372 e. The number of nitrogens with zero attached hydrogens (tertiary/aromatic N) is 2. The van der Waals surface area contributed by atoms with E-state index in [0.717, 1.165) is 25.2 Å². The maximum absolute atomic E-state index is 13.3. The maximum Gasteiger partial charge on any atom is 0.243 e. The molecule has 2 aliphatic rings. The van der Waals surface area contributed by atoms with Crippen LogP contribution in [0.3, 0.4) is 0 Å². The summed E-state index contributed by atoms with van der Waals surface area (Å²) in [5.74, 6) is -0.669. The van der Waals surface area contributed by atoms with Crippen molar-refractivity contribution in [2.45, 2.75) is 37.1 Å². The second-order valence-corrected chi connectivity index (χ2v) is 11.3. The van der Waals surface area contributed by atoms with E-state index in [1.165, 1.54) is 23.5 Å². The molecule has 2 amide bonds. The first-order chi connectivity index (χ1) is 16.8. The smallest absolute Gasteiger partial charge is 0.243 e. The Morgan fingerprint density at radius 2 is 1.69 bits per heavy atom. The van der Waals surface area contributed by atoms with Gasteiger partial charge in [0.2, 0.25) is 21.8 Å². The van der Waals surface area contributed by atoms with Crippen LogP contribution in [0.4, 0.5) is 5.69 Å². The molecular formula is C26H34N4O4S. The van der Waals surface area contributed by atoms with Gasteiger partial charge in [-0.05, 0) is 55.9 Å². The number of para-hydroxylation sites is 1. The van der Waals surface area contributed by atoms with Gasteiger partial charge in [-0.25, -0.2) is 8.42 Å². The minimum Gasteiger partial charge on any atom is -0.372 e. The van der Waals surface area contributed by atoms with Crippen molar-refractivity contribution in [2.75, 3.05) is 38.1 Å². The number of amides is 2. The number of likely N-dealkylation sites (N-methyl/N-ethyl adjacent to an activating group) is 1. The molecule has 1 aliphatic heterocycles. The highest BCUT2D eigenvalue weighted by Gasteiger charge is 2.65. The van der Waals surface area contributed by atoms with Gasteiger partial charge >= 0.3 is 0 Å². The van der Waals surface area contributed by atoms with Crippen LogP contribution in [0, 0.1) is 11.3 Å². The van der Waals surface area contributed by atoms with Crippen molar-refractivity contribution in [3.63, 3.8) is 0 Å². The van der Waals surface area contributed by atoms with Gasteiger partial charge in [-0.2, -0.15) is 4.31 Å². The van der Waals surface area contributed by atoms with E-state index in [4.69, 9.17) is 0 Å². The summed E-state index contributed by atoms with van der Waals surface area (Å²) in [7, 11) is -2.34. The first kappa shape index (κ1) is 25.2. The molecule has 9 heteroatoms. The molecule has 1 aliphatic carbocycles. The second kappa shape index (κ2) is 10.4. The van der Waals surface area contributed by atoms with Crippen molar-refractivity contribution in [3.8, 4) is 0 Å². The minimum absolute atomic E-state index is 0.0534. The van der Waals surface area contributed by atoms with E-state index in [2.05, 4.69) is 34.6 Å². The van der Waals surface area contributed by atoms with Crippen LogP contribution in [-0.2, 0) is 19.6 Å². The average Bonchev–Trinajstić information content (AvgIpc) is 3.45. The van der Waals surface area contributed by atoms with Gasteiger partial charge in [0.05, 0.1) is 4.90 Å². The van der Waals surface area contributed by atoms with Crippen LogP contribution < -0.4 is 15.5 Å². The van der Waals surface area contributed by atoms with E-state index < -0.39 is 21.5 Å².